The average molecular weight is 254 g/mol. The molecule has 2 N–H and O–H groups in total. The Balaban J connectivity index is 0.000000364. The maximum atomic E-state index is 4.85. The van der Waals surface area contributed by atoms with Crippen LogP contribution in [0.1, 0.15) is 12.5 Å². The highest BCUT2D eigenvalue weighted by Crippen LogP contribution is 2.11. The van der Waals surface area contributed by atoms with E-state index in [1.807, 2.05) is 25.1 Å². The summed E-state index contributed by atoms with van der Waals surface area (Å²) in [6.45, 7) is 5.55. The van der Waals surface area contributed by atoms with Crippen LogP contribution in [-0.2, 0) is 6.42 Å². The van der Waals surface area contributed by atoms with Gasteiger partial charge in [0.1, 0.15) is 0 Å². The predicted octanol–water partition coefficient (Wildman–Crippen LogP) is 3.66. The second-order valence-corrected chi connectivity index (χ2v) is 3.56. The molecule has 76 valence electrons. The standard InChI is InChI=1S/C9H9Br.C3H7N/c1-2-4-8-5-3-6-9(10)7-8;1-2-3-4/h2-3,5-7H,1,4H2;2-3H,4H2,1H3/b;3-2+. The average Bonchev–Trinajstić information content (AvgIpc) is 2.19. The van der Waals surface area contributed by atoms with E-state index in [1.165, 1.54) is 11.8 Å². The molecule has 0 unspecified atom stereocenters. The molecule has 0 aliphatic carbocycles. The Morgan fingerprint density at radius 3 is 2.57 bits per heavy atom. The zero-order valence-corrected chi connectivity index (χ0v) is 10.00. The van der Waals surface area contributed by atoms with Crippen molar-refractivity contribution in [2.45, 2.75) is 13.3 Å². The van der Waals surface area contributed by atoms with Crippen LogP contribution in [0.2, 0.25) is 0 Å². The van der Waals surface area contributed by atoms with E-state index < -0.39 is 0 Å². The minimum absolute atomic E-state index is 0.944. The van der Waals surface area contributed by atoms with Gasteiger partial charge in [0.25, 0.3) is 0 Å². The summed E-state index contributed by atoms with van der Waals surface area (Å²) in [7, 11) is 0. The third-order valence-corrected chi connectivity index (χ3v) is 1.95. The number of hydrogen-bond acceptors (Lipinski definition) is 1. The second kappa shape index (κ2) is 8.57. The minimum Gasteiger partial charge on any atom is -0.405 e. The van der Waals surface area contributed by atoms with Crippen molar-refractivity contribution in [3.8, 4) is 0 Å². The lowest BCUT2D eigenvalue weighted by Gasteiger charge is -1.95. The summed E-state index contributed by atoms with van der Waals surface area (Å²) in [6.07, 6.45) is 6.13. The number of benzene rings is 1. The van der Waals surface area contributed by atoms with E-state index in [0.29, 0.717) is 0 Å². The first kappa shape index (κ1) is 13.0. The summed E-state index contributed by atoms with van der Waals surface area (Å²) in [4.78, 5) is 0. The third-order valence-electron chi connectivity index (χ3n) is 1.46. The normalized spacial score (nSPS) is 9.29. The molecule has 14 heavy (non-hydrogen) atoms. The molecule has 0 spiro atoms. The van der Waals surface area contributed by atoms with Gasteiger partial charge < -0.3 is 5.73 Å². The quantitative estimate of drug-likeness (QED) is 0.801. The van der Waals surface area contributed by atoms with Crippen molar-refractivity contribution in [3.63, 3.8) is 0 Å². The Bertz CT molecular complexity index is 288. The highest BCUT2D eigenvalue weighted by atomic mass is 79.9. The van der Waals surface area contributed by atoms with Crippen molar-refractivity contribution in [1.82, 2.24) is 0 Å². The SMILES string of the molecule is C/C=C/N.C=CCc1cccc(Br)c1. The molecule has 0 saturated carbocycles. The molecule has 1 nitrogen and oxygen atoms in total. The van der Waals surface area contributed by atoms with Gasteiger partial charge in [-0.05, 0) is 37.2 Å². The van der Waals surface area contributed by atoms with Crippen LogP contribution in [0.3, 0.4) is 0 Å². The Morgan fingerprint density at radius 2 is 2.14 bits per heavy atom. The van der Waals surface area contributed by atoms with Gasteiger partial charge in [0.2, 0.25) is 0 Å². The van der Waals surface area contributed by atoms with E-state index in [0.717, 1.165) is 10.9 Å². The fraction of sp³-hybridized carbons (Fsp3) is 0.167. The number of hydrogen-bond donors (Lipinski definition) is 1. The van der Waals surface area contributed by atoms with Crippen molar-refractivity contribution >= 4 is 15.9 Å². The number of allylic oxidation sites excluding steroid dienone is 2. The summed E-state index contributed by atoms with van der Waals surface area (Å²) in [6, 6.07) is 8.24. The van der Waals surface area contributed by atoms with E-state index in [-0.39, 0.29) is 0 Å². The predicted molar refractivity (Wildman–Crippen MR) is 67.0 cm³/mol. The van der Waals surface area contributed by atoms with Crippen LogP contribution in [0.15, 0.2) is 53.7 Å². The molecule has 0 aliphatic heterocycles. The molecule has 0 bridgehead atoms. The molecule has 1 aromatic carbocycles. The molecule has 0 fully saturated rings. The lowest BCUT2D eigenvalue weighted by molar-refractivity contribution is 1.27. The number of halogens is 1. The minimum atomic E-state index is 0.944. The van der Waals surface area contributed by atoms with Gasteiger partial charge in [-0.3, -0.25) is 0 Å². The van der Waals surface area contributed by atoms with Crippen molar-refractivity contribution in [2.75, 3.05) is 0 Å². The van der Waals surface area contributed by atoms with Crippen molar-refractivity contribution < 1.29 is 0 Å². The molecule has 0 amide bonds. The summed E-state index contributed by atoms with van der Waals surface area (Å²) in [5.41, 5.74) is 6.14. The maximum Gasteiger partial charge on any atom is 0.0178 e. The van der Waals surface area contributed by atoms with E-state index in [1.54, 1.807) is 6.08 Å². The van der Waals surface area contributed by atoms with Crippen LogP contribution in [0, 0.1) is 0 Å². The zero-order valence-electron chi connectivity index (χ0n) is 8.41. The first-order valence-electron chi connectivity index (χ1n) is 4.42. The molecule has 0 saturated heterocycles. The molecule has 0 radical (unpaired) electrons. The van der Waals surface area contributed by atoms with Gasteiger partial charge >= 0.3 is 0 Å². The Hall–Kier alpha value is -1.02. The molecule has 1 aromatic rings. The molecule has 0 aliphatic rings. The van der Waals surface area contributed by atoms with Crippen LogP contribution in [0.25, 0.3) is 0 Å². The highest BCUT2D eigenvalue weighted by Gasteiger charge is 1.88. The van der Waals surface area contributed by atoms with Crippen LogP contribution in [0.4, 0.5) is 0 Å². The van der Waals surface area contributed by atoms with E-state index in [2.05, 4.69) is 34.6 Å². The monoisotopic (exact) mass is 253 g/mol. The Labute approximate surface area is 94.5 Å². The van der Waals surface area contributed by atoms with Gasteiger partial charge in [-0.25, -0.2) is 0 Å². The van der Waals surface area contributed by atoms with Crippen molar-refractivity contribution in [1.29, 1.82) is 0 Å². The van der Waals surface area contributed by atoms with Gasteiger partial charge in [0.05, 0.1) is 0 Å². The first-order chi connectivity index (χ1) is 6.74. The van der Waals surface area contributed by atoms with Crippen LogP contribution in [-0.4, -0.2) is 0 Å². The van der Waals surface area contributed by atoms with Crippen molar-refractivity contribution in [3.05, 3.63) is 59.2 Å². The maximum absolute atomic E-state index is 4.85. The van der Waals surface area contributed by atoms with Gasteiger partial charge in [0, 0.05) is 4.47 Å². The second-order valence-electron chi connectivity index (χ2n) is 2.65. The molecular formula is C12H16BrN. The summed E-state index contributed by atoms with van der Waals surface area (Å²) in [5, 5.41) is 0. The topological polar surface area (TPSA) is 26.0 Å². The zero-order chi connectivity index (χ0) is 10.8. The fourth-order valence-electron chi connectivity index (χ4n) is 0.831. The van der Waals surface area contributed by atoms with E-state index >= 15 is 0 Å². The Morgan fingerprint density at radius 1 is 1.50 bits per heavy atom. The highest BCUT2D eigenvalue weighted by molar-refractivity contribution is 9.10. The third kappa shape index (κ3) is 6.49. The smallest absolute Gasteiger partial charge is 0.0178 e. The van der Waals surface area contributed by atoms with Crippen LogP contribution >= 0.6 is 15.9 Å². The Kier molecular flexibility index (Phi) is 7.95. The lowest BCUT2D eigenvalue weighted by Crippen LogP contribution is -1.77. The lowest BCUT2D eigenvalue weighted by atomic mass is 10.2. The fourth-order valence-corrected chi connectivity index (χ4v) is 1.28. The molecule has 0 aromatic heterocycles. The largest absolute Gasteiger partial charge is 0.405 e. The van der Waals surface area contributed by atoms with Gasteiger partial charge in [-0.15, -0.1) is 6.58 Å². The molecular weight excluding hydrogens is 238 g/mol. The molecule has 2 heteroatoms. The molecule has 1 rings (SSSR count). The van der Waals surface area contributed by atoms with E-state index in [9.17, 15) is 0 Å². The first-order valence-corrected chi connectivity index (χ1v) is 5.22. The number of rotatable bonds is 2. The van der Waals surface area contributed by atoms with Gasteiger partial charge in [-0.2, -0.15) is 0 Å². The van der Waals surface area contributed by atoms with Crippen LogP contribution in [0.5, 0.6) is 0 Å². The summed E-state index contributed by atoms with van der Waals surface area (Å²) >= 11 is 3.40. The molecule has 0 atom stereocenters. The van der Waals surface area contributed by atoms with E-state index in [4.69, 9.17) is 5.73 Å². The number of nitrogens with two attached hydrogens (primary N) is 1. The summed E-state index contributed by atoms with van der Waals surface area (Å²) in [5.74, 6) is 0. The van der Waals surface area contributed by atoms with Crippen LogP contribution < -0.4 is 5.73 Å². The van der Waals surface area contributed by atoms with Crippen molar-refractivity contribution in [2.24, 2.45) is 5.73 Å². The van der Waals surface area contributed by atoms with Gasteiger partial charge in [-0.1, -0.05) is 40.2 Å². The summed E-state index contributed by atoms with van der Waals surface area (Å²) < 4.78 is 1.13. The van der Waals surface area contributed by atoms with Gasteiger partial charge in [0.15, 0.2) is 0 Å². The molecule has 0 heterocycles.